The van der Waals surface area contributed by atoms with Crippen molar-refractivity contribution in [3.05, 3.63) is 0 Å². The van der Waals surface area contributed by atoms with Crippen LogP contribution in [0.4, 0.5) is 22.0 Å². The molecular formula is C8H10F5NO3. The van der Waals surface area contributed by atoms with E-state index < -0.39 is 36.6 Å². The third-order valence-electron chi connectivity index (χ3n) is 1.81. The summed E-state index contributed by atoms with van der Waals surface area (Å²) in [4.78, 5) is 21.2. The topological polar surface area (TPSA) is 57.6 Å². The molecule has 0 heterocycles. The van der Waals surface area contributed by atoms with Gasteiger partial charge in [0.25, 0.3) is 0 Å². The van der Waals surface area contributed by atoms with Crippen molar-refractivity contribution in [3.63, 3.8) is 0 Å². The Kier molecular flexibility index (Phi) is 4.44. The molecule has 0 unspecified atom stereocenters. The maximum Gasteiger partial charge on any atom is 0.463 e. The summed E-state index contributed by atoms with van der Waals surface area (Å²) >= 11 is 0. The van der Waals surface area contributed by atoms with Gasteiger partial charge in [0.2, 0.25) is 0 Å². The van der Waals surface area contributed by atoms with E-state index in [0.29, 0.717) is 0 Å². The number of hydrogen-bond acceptors (Lipinski definition) is 2. The molecule has 0 spiro atoms. The van der Waals surface area contributed by atoms with E-state index in [-0.39, 0.29) is 4.90 Å². The first-order chi connectivity index (χ1) is 7.41. The maximum absolute atomic E-state index is 12.7. The van der Waals surface area contributed by atoms with Crippen molar-refractivity contribution < 1.29 is 36.6 Å². The lowest BCUT2D eigenvalue weighted by Crippen LogP contribution is -2.55. The number of carboxylic acids is 1. The molecule has 0 aliphatic heterocycles. The highest BCUT2D eigenvalue weighted by Crippen LogP contribution is 2.37. The summed E-state index contributed by atoms with van der Waals surface area (Å²) in [5.41, 5.74) is 0. The minimum absolute atomic E-state index is 0.0458. The van der Waals surface area contributed by atoms with Crippen molar-refractivity contribution in [2.24, 2.45) is 0 Å². The second kappa shape index (κ2) is 4.84. The van der Waals surface area contributed by atoms with Crippen molar-refractivity contribution in [1.29, 1.82) is 0 Å². The highest BCUT2D eigenvalue weighted by Gasteiger charge is 2.64. The lowest BCUT2D eigenvalue weighted by atomic mass is 10.2. The molecule has 0 atom stereocenters. The second-order valence-corrected chi connectivity index (χ2v) is 3.49. The van der Waals surface area contributed by atoms with Crippen LogP contribution in [-0.2, 0) is 9.59 Å². The van der Waals surface area contributed by atoms with Crippen molar-refractivity contribution in [2.75, 3.05) is 6.54 Å². The number of alkyl halides is 5. The van der Waals surface area contributed by atoms with Crippen LogP contribution in [0.5, 0.6) is 0 Å². The van der Waals surface area contributed by atoms with Gasteiger partial charge in [-0.3, -0.25) is 9.59 Å². The number of carbonyl (C=O) groups is 2. The van der Waals surface area contributed by atoms with E-state index in [1.807, 2.05) is 0 Å². The largest absolute Gasteiger partial charge is 0.480 e. The molecule has 1 N–H and O–H groups in total. The van der Waals surface area contributed by atoms with Gasteiger partial charge in [-0.1, -0.05) is 0 Å². The summed E-state index contributed by atoms with van der Waals surface area (Å²) in [6.07, 6.45) is -6.05. The summed E-state index contributed by atoms with van der Waals surface area (Å²) < 4.78 is 61.1. The minimum atomic E-state index is -6.05. The van der Waals surface area contributed by atoms with E-state index in [4.69, 9.17) is 5.11 Å². The lowest BCUT2D eigenvalue weighted by molar-refractivity contribution is -0.275. The Hall–Kier alpha value is -1.41. The van der Waals surface area contributed by atoms with E-state index in [0.717, 1.165) is 13.8 Å². The quantitative estimate of drug-likeness (QED) is 0.782. The average Bonchev–Trinajstić information content (AvgIpc) is 2.10. The molecule has 0 aromatic carbocycles. The molecule has 0 aromatic rings. The Morgan fingerprint density at radius 1 is 1.18 bits per heavy atom. The fourth-order valence-electron chi connectivity index (χ4n) is 0.936. The van der Waals surface area contributed by atoms with Gasteiger partial charge in [0, 0.05) is 6.04 Å². The van der Waals surface area contributed by atoms with Crippen LogP contribution >= 0.6 is 0 Å². The van der Waals surface area contributed by atoms with Crippen LogP contribution in [0.1, 0.15) is 13.8 Å². The second-order valence-electron chi connectivity index (χ2n) is 3.49. The van der Waals surface area contributed by atoms with Gasteiger partial charge in [0.05, 0.1) is 0 Å². The molecule has 0 rings (SSSR count). The molecule has 0 fully saturated rings. The van der Waals surface area contributed by atoms with Gasteiger partial charge in [-0.2, -0.15) is 22.0 Å². The van der Waals surface area contributed by atoms with Gasteiger partial charge >= 0.3 is 24.0 Å². The molecule has 0 radical (unpaired) electrons. The van der Waals surface area contributed by atoms with E-state index in [9.17, 15) is 31.5 Å². The molecule has 9 heteroatoms. The van der Waals surface area contributed by atoms with Gasteiger partial charge in [-0.05, 0) is 13.8 Å². The summed E-state index contributed by atoms with van der Waals surface area (Å²) in [5.74, 6) is -9.83. The first kappa shape index (κ1) is 15.6. The number of halogens is 5. The molecule has 0 aromatic heterocycles. The van der Waals surface area contributed by atoms with E-state index in [1.54, 1.807) is 0 Å². The van der Waals surface area contributed by atoms with Crippen molar-refractivity contribution in [1.82, 2.24) is 4.90 Å². The normalized spacial score (nSPS) is 12.7. The Bertz CT molecular complexity index is 313. The van der Waals surface area contributed by atoms with Crippen LogP contribution < -0.4 is 0 Å². The molecular weight excluding hydrogens is 253 g/mol. The summed E-state index contributed by atoms with van der Waals surface area (Å²) in [5, 5.41) is 8.33. The maximum atomic E-state index is 12.7. The van der Waals surface area contributed by atoms with E-state index >= 15 is 0 Å². The van der Waals surface area contributed by atoms with Gasteiger partial charge in [0.1, 0.15) is 6.54 Å². The van der Waals surface area contributed by atoms with Crippen LogP contribution in [0.3, 0.4) is 0 Å². The molecule has 0 bridgehead atoms. The molecule has 100 valence electrons. The predicted octanol–water partition coefficient (Wildman–Crippen LogP) is 1.51. The van der Waals surface area contributed by atoms with Gasteiger partial charge in [-0.25, -0.2) is 0 Å². The molecule has 4 nitrogen and oxygen atoms in total. The smallest absolute Gasteiger partial charge is 0.463 e. The summed E-state index contributed by atoms with van der Waals surface area (Å²) in [6, 6.07) is -1.09. The van der Waals surface area contributed by atoms with Crippen molar-refractivity contribution in [3.8, 4) is 0 Å². The number of carboxylic acid groups (broad SMARTS) is 1. The van der Waals surface area contributed by atoms with Crippen molar-refractivity contribution in [2.45, 2.75) is 32.0 Å². The Labute approximate surface area is 93.0 Å². The number of carbonyl (C=O) groups excluding carboxylic acids is 1. The molecule has 17 heavy (non-hydrogen) atoms. The van der Waals surface area contributed by atoms with Crippen LogP contribution in [0.25, 0.3) is 0 Å². The van der Waals surface area contributed by atoms with E-state index in [2.05, 4.69) is 0 Å². The third-order valence-corrected chi connectivity index (χ3v) is 1.81. The molecule has 1 amide bonds. The van der Waals surface area contributed by atoms with Gasteiger partial charge in [-0.15, -0.1) is 0 Å². The van der Waals surface area contributed by atoms with Crippen LogP contribution in [0.2, 0.25) is 0 Å². The number of rotatable bonds is 4. The zero-order chi connectivity index (χ0) is 14.0. The first-order valence-corrected chi connectivity index (χ1v) is 4.38. The highest BCUT2D eigenvalue weighted by molar-refractivity contribution is 5.87. The third kappa shape index (κ3) is 3.53. The lowest BCUT2D eigenvalue weighted by Gasteiger charge is -2.29. The fourth-order valence-corrected chi connectivity index (χ4v) is 0.936. The van der Waals surface area contributed by atoms with Crippen LogP contribution in [-0.4, -0.2) is 46.6 Å². The molecule has 0 saturated heterocycles. The standard InChI is InChI=1S/C8H10F5NO3/c1-4(2)14(3-5(15)16)6(17)7(9,10)8(11,12)13/h4H,3H2,1-2H3,(H,15,16). The Morgan fingerprint density at radius 2 is 1.59 bits per heavy atom. The van der Waals surface area contributed by atoms with E-state index in [1.165, 1.54) is 0 Å². The number of amides is 1. The van der Waals surface area contributed by atoms with Crippen molar-refractivity contribution >= 4 is 11.9 Å². The summed E-state index contributed by atoms with van der Waals surface area (Å²) in [7, 11) is 0. The fraction of sp³-hybridized carbons (Fsp3) is 0.750. The Balaban J connectivity index is 5.16. The van der Waals surface area contributed by atoms with Crippen LogP contribution in [0, 0.1) is 0 Å². The zero-order valence-electron chi connectivity index (χ0n) is 8.89. The monoisotopic (exact) mass is 263 g/mol. The SMILES string of the molecule is CC(C)N(CC(=O)O)C(=O)C(F)(F)C(F)(F)F. The average molecular weight is 263 g/mol. The number of aliphatic carboxylic acids is 1. The predicted molar refractivity (Wildman–Crippen MR) is 45.5 cm³/mol. The van der Waals surface area contributed by atoms with Gasteiger partial charge < -0.3 is 10.0 Å². The summed E-state index contributed by atoms with van der Waals surface area (Å²) in [6.45, 7) is 1.04. The zero-order valence-corrected chi connectivity index (χ0v) is 8.89. The van der Waals surface area contributed by atoms with Crippen LogP contribution in [0.15, 0.2) is 0 Å². The molecule has 0 saturated carbocycles. The Morgan fingerprint density at radius 3 is 1.82 bits per heavy atom. The van der Waals surface area contributed by atoms with Gasteiger partial charge in [0.15, 0.2) is 0 Å². The number of nitrogens with zero attached hydrogens (tertiary/aromatic N) is 1. The molecule has 0 aliphatic rings. The molecule has 0 aliphatic carbocycles. The minimum Gasteiger partial charge on any atom is -0.480 e. The number of hydrogen-bond donors (Lipinski definition) is 1. The first-order valence-electron chi connectivity index (χ1n) is 4.38. The highest BCUT2D eigenvalue weighted by atomic mass is 19.4.